The SMILES string of the molecule is CCOC(=O)CCc1cc2ccoc2c2c1OC13C=C4CC(CCc5ccc(OC)cc5)C(CNCCSSC4C(CO)(O1)C1(O)CC4C=CC(O)C(CO)C4C3(O)C1O)O2. The van der Waals surface area contributed by atoms with Crippen LogP contribution in [0.15, 0.2) is 70.9 Å². The third-order valence-corrected chi connectivity index (χ3v) is 16.9. The topological polar surface area (TPSA) is 210 Å². The van der Waals surface area contributed by atoms with Crippen LogP contribution in [0.2, 0.25) is 0 Å². The van der Waals surface area contributed by atoms with Gasteiger partial charge in [-0.25, -0.2) is 0 Å². The number of aryl methyl sites for hydroxylation is 2. The van der Waals surface area contributed by atoms with Crippen molar-refractivity contribution >= 4 is 38.5 Å². The van der Waals surface area contributed by atoms with Gasteiger partial charge in [-0.05, 0) is 86.4 Å². The Bertz CT molecular complexity index is 2160. The molecule has 0 radical (unpaired) electrons. The van der Waals surface area contributed by atoms with E-state index in [-0.39, 0.29) is 43.3 Å². The monoisotopic (exact) mass is 881 g/mol. The van der Waals surface area contributed by atoms with Gasteiger partial charge in [-0.1, -0.05) is 51.4 Å². The second-order valence-electron chi connectivity index (χ2n) is 17.3. The highest BCUT2D eigenvalue weighted by Gasteiger charge is 2.84. The van der Waals surface area contributed by atoms with Crippen molar-refractivity contribution in [2.24, 2.45) is 23.7 Å². The molecule has 6 bridgehead atoms. The van der Waals surface area contributed by atoms with E-state index in [0.717, 1.165) is 16.9 Å². The lowest BCUT2D eigenvalue weighted by molar-refractivity contribution is -0.451. The van der Waals surface area contributed by atoms with Crippen molar-refractivity contribution in [3.63, 3.8) is 0 Å². The number of fused-ring (bicyclic) bond motifs is 12. The molecule has 5 heterocycles. The van der Waals surface area contributed by atoms with E-state index in [1.54, 1.807) is 49.1 Å². The molecule has 2 aliphatic carbocycles. The standard InChI is InChI=1S/C45H55NO13S2/c1-3-55-35(50)13-9-27-19-28-14-16-56-37(28)39-38(27)58-44-21-30-18-26(7-4-25-5-10-31(54-2)11-6-25)34(57-39)22-46-15-17-60-61-40(30)43(24-48,59-44)42(52)20-29-8-12-33(49)32(23-47)36(29)45(44,53)41(42)51/h5-6,8,10-12,14,16,19,21,26,29,32-34,36,40-41,46-49,51-53H,3-4,7,9,13,15,17-18,20,22-24H2,1-2H3. The minimum atomic E-state index is -2.56. The smallest absolute Gasteiger partial charge is 0.306 e. The minimum Gasteiger partial charge on any atom is -0.497 e. The molecule has 3 fully saturated rings. The van der Waals surface area contributed by atoms with Crippen LogP contribution in [0.1, 0.15) is 43.7 Å². The molecule has 2 saturated heterocycles. The van der Waals surface area contributed by atoms with Gasteiger partial charge in [-0.2, -0.15) is 0 Å². The molecule has 4 aliphatic heterocycles. The first-order chi connectivity index (χ1) is 29.5. The van der Waals surface area contributed by atoms with Crippen LogP contribution in [0.25, 0.3) is 11.0 Å². The van der Waals surface area contributed by atoms with Crippen LogP contribution in [-0.2, 0) is 27.1 Å². The second kappa shape index (κ2) is 16.7. The van der Waals surface area contributed by atoms with Gasteiger partial charge in [0.1, 0.15) is 29.2 Å². The fourth-order valence-electron chi connectivity index (χ4n) is 11.1. The van der Waals surface area contributed by atoms with E-state index in [9.17, 15) is 35.4 Å². The Balaban J connectivity index is 1.31. The predicted molar refractivity (Wildman–Crippen MR) is 227 cm³/mol. The van der Waals surface area contributed by atoms with E-state index in [2.05, 4.69) is 5.32 Å². The average molecular weight is 882 g/mol. The molecule has 12 unspecified atom stereocenters. The van der Waals surface area contributed by atoms with E-state index in [1.165, 1.54) is 17.1 Å². The van der Waals surface area contributed by atoms with Crippen molar-refractivity contribution in [3.05, 3.63) is 77.6 Å². The fraction of sp³-hybridized carbons (Fsp3) is 0.578. The van der Waals surface area contributed by atoms with Crippen LogP contribution in [0, 0.1) is 23.7 Å². The van der Waals surface area contributed by atoms with Gasteiger partial charge in [0.15, 0.2) is 16.9 Å². The Kier molecular flexibility index (Phi) is 11.8. The zero-order valence-electron chi connectivity index (χ0n) is 34.2. The van der Waals surface area contributed by atoms with E-state index < -0.39 is 83.1 Å². The lowest BCUT2D eigenvalue weighted by Gasteiger charge is -2.72. The Morgan fingerprint density at radius 2 is 1.89 bits per heavy atom. The van der Waals surface area contributed by atoms with Crippen LogP contribution < -0.4 is 19.5 Å². The fourth-order valence-corrected chi connectivity index (χ4v) is 14.1. The number of carbonyl (C=O) groups is 1. The van der Waals surface area contributed by atoms with Gasteiger partial charge < -0.3 is 64.1 Å². The summed E-state index contributed by atoms with van der Waals surface area (Å²) in [5.74, 6) is -4.20. The molecule has 3 aromatic rings. The number of hydrogen-bond donors (Lipinski definition) is 7. The number of aliphatic hydroxyl groups is 6. The van der Waals surface area contributed by atoms with E-state index >= 15 is 0 Å². The highest BCUT2D eigenvalue weighted by molar-refractivity contribution is 8.77. The summed E-state index contributed by atoms with van der Waals surface area (Å²) in [7, 11) is 4.62. The van der Waals surface area contributed by atoms with Crippen molar-refractivity contribution in [3.8, 4) is 17.2 Å². The van der Waals surface area contributed by atoms with E-state index in [1.807, 2.05) is 30.3 Å². The number of furan rings is 1. The Morgan fingerprint density at radius 3 is 2.64 bits per heavy atom. The largest absolute Gasteiger partial charge is 0.497 e. The molecule has 14 nitrogen and oxygen atoms in total. The number of esters is 1. The maximum absolute atomic E-state index is 13.7. The Hall–Kier alpha value is -3.29. The van der Waals surface area contributed by atoms with Gasteiger partial charge in [0.2, 0.25) is 5.75 Å². The number of benzene rings is 2. The normalized spacial score (nSPS) is 37.7. The van der Waals surface area contributed by atoms with Gasteiger partial charge in [0, 0.05) is 55.0 Å². The Morgan fingerprint density at radius 1 is 1.07 bits per heavy atom. The maximum atomic E-state index is 13.7. The number of ether oxygens (including phenoxy) is 5. The summed E-state index contributed by atoms with van der Waals surface area (Å²) < 4.78 is 38.6. The van der Waals surface area contributed by atoms with Crippen molar-refractivity contribution in [2.45, 2.75) is 91.6 Å². The molecule has 9 rings (SSSR count). The summed E-state index contributed by atoms with van der Waals surface area (Å²) in [5, 5.41) is 77.5. The molecule has 1 aromatic heterocycles. The molecule has 16 heteroatoms. The first-order valence-corrected chi connectivity index (χ1v) is 23.6. The molecule has 1 spiro atoms. The van der Waals surface area contributed by atoms with E-state index in [0.29, 0.717) is 54.6 Å². The predicted octanol–water partition coefficient (Wildman–Crippen LogP) is 3.47. The quantitative estimate of drug-likeness (QED) is 0.0884. The molecule has 2 aromatic carbocycles. The summed E-state index contributed by atoms with van der Waals surface area (Å²) in [4.78, 5) is 12.9. The van der Waals surface area contributed by atoms with Gasteiger partial charge in [0.25, 0.3) is 5.79 Å². The number of carbonyl (C=O) groups excluding carboxylic acids is 1. The van der Waals surface area contributed by atoms with Crippen LogP contribution in [0.3, 0.4) is 0 Å². The van der Waals surface area contributed by atoms with Crippen LogP contribution in [-0.4, -0.2) is 129 Å². The van der Waals surface area contributed by atoms with Crippen molar-refractivity contribution in [2.75, 3.05) is 45.8 Å². The zero-order valence-corrected chi connectivity index (χ0v) is 35.9. The Labute approximate surface area is 362 Å². The number of hydrogen-bond acceptors (Lipinski definition) is 16. The third kappa shape index (κ3) is 6.82. The van der Waals surface area contributed by atoms with Crippen molar-refractivity contribution < 1.29 is 63.5 Å². The van der Waals surface area contributed by atoms with Gasteiger partial charge >= 0.3 is 5.97 Å². The minimum absolute atomic E-state index is 0.0329. The zero-order chi connectivity index (χ0) is 42.7. The first kappa shape index (κ1) is 43.0. The molecule has 61 heavy (non-hydrogen) atoms. The molecule has 6 aliphatic rings. The van der Waals surface area contributed by atoms with Gasteiger partial charge in [-0.15, -0.1) is 0 Å². The van der Waals surface area contributed by atoms with Crippen molar-refractivity contribution in [1.29, 1.82) is 0 Å². The average Bonchev–Trinajstić information content (AvgIpc) is 3.72. The number of methoxy groups -OCH3 is 1. The summed E-state index contributed by atoms with van der Waals surface area (Å²) in [6, 6.07) is 11.5. The van der Waals surface area contributed by atoms with Crippen LogP contribution in [0.4, 0.5) is 0 Å². The lowest BCUT2D eigenvalue weighted by atomic mass is 9.47. The molecule has 0 amide bonds. The summed E-state index contributed by atoms with van der Waals surface area (Å²) in [6.07, 6.45) is 4.37. The number of aliphatic hydroxyl groups excluding tert-OH is 4. The molecule has 12 atom stereocenters. The van der Waals surface area contributed by atoms with Crippen LogP contribution in [0.5, 0.6) is 17.2 Å². The highest BCUT2D eigenvalue weighted by atomic mass is 33.1. The first-order valence-electron chi connectivity index (χ1n) is 21.2. The third-order valence-electron chi connectivity index (χ3n) is 14.1. The molecule has 1 saturated carbocycles. The maximum Gasteiger partial charge on any atom is 0.306 e. The summed E-state index contributed by atoms with van der Waals surface area (Å²) in [6.45, 7) is 1.66. The number of nitrogens with one attached hydrogen (secondary N) is 1. The number of rotatable bonds is 10. The van der Waals surface area contributed by atoms with Gasteiger partial charge in [-0.3, -0.25) is 4.79 Å². The lowest BCUT2D eigenvalue weighted by Crippen LogP contribution is -2.91. The summed E-state index contributed by atoms with van der Waals surface area (Å²) in [5.41, 5.74) is -4.12. The van der Waals surface area contributed by atoms with Gasteiger partial charge in [0.05, 0.1) is 37.9 Å². The van der Waals surface area contributed by atoms with Crippen molar-refractivity contribution in [1.82, 2.24) is 5.32 Å². The molecular formula is C45H55NO13S2. The summed E-state index contributed by atoms with van der Waals surface area (Å²) >= 11 is 0. The molecular weight excluding hydrogens is 827 g/mol. The molecule has 330 valence electrons. The second-order valence-corrected chi connectivity index (χ2v) is 19.8. The number of allylic oxidation sites excluding steroid dienone is 1. The highest BCUT2D eigenvalue weighted by Crippen LogP contribution is 2.68. The van der Waals surface area contributed by atoms with Crippen LogP contribution >= 0.6 is 21.6 Å². The van der Waals surface area contributed by atoms with E-state index in [4.69, 9.17) is 28.1 Å². The molecule has 7 N–H and O–H groups in total.